The number of rotatable bonds is 58. The van der Waals surface area contributed by atoms with E-state index in [-0.39, 0.29) is 19.4 Å². The van der Waals surface area contributed by atoms with E-state index in [2.05, 4.69) is 50.4 Å². The molecule has 8 unspecified atom stereocenters. The predicted octanol–water partition coefficient (Wildman–Crippen LogP) is 16.6. The highest BCUT2D eigenvalue weighted by Gasteiger charge is 2.47. The van der Waals surface area contributed by atoms with Crippen LogP contribution in [-0.4, -0.2) is 99.6 Å². The molecular weight excluding hydrogens is 991 g/mol. The zero-order valence-corrected chi connectivity index (χ0v) is 51.5. The Bertz CT molecular complexity index is 1420. The van der Waals surface area contributed by atoms with Crippen molar-refractivity contribution in [2.75, 3.05) is 13.2 Å². The molecule has 1 amide bonds. The summed E-state index contributed by atoms with van der Waals surface area (Å²) in [5, 5.41) is 57.1. The van der Waals surface area contributed by atoms with Gasteiger partial charge in [0.25, 0.3) is 0 Å². The zero-order valence-electron chi connectivity index (χ0n) is 51.5. The topological polar surface area (TPSA) is 175 Å². The first-order valence-electron chi connectivity index (χ1n) is 33.8. The van der Waals surface area contributed by atoms with Crippen LogP contribution < -0.4 is 5.32 Å². The van der Waals surface area contributed by atoms with Gasteiger partial charge in [-0.1, -0.05) is 295 Å². The minimum Gasteiger partial charge on any atom is -0.454 e. The van der Waals surface area contributed by atoms with Crippen molar-refractivity contribution in [2.45, 2.75) is 372 Å². The van der Waals surface area contributed by atoms with Gasteiger partial charge in [0.1, 0.15) is 24.4 Å². The molecule has 0 aromatic carbocycles. The number of unbranched alkanes of at least 4 members (excludes halogenated alkanes) is 40. The van der Waals surface area contributed by atoms with Crippen LogP contribution in [0.15, 0.2) is 36.5 Å². The van der Waals surface area contributed by atoms with Gasteiger partial charge in [0.15, 0.2) is 12.4 Å². The third kappa shape index (κ3) is 44.1. The summed E-state index contributed by atoms with van der Waals surface area (Å²) in [6.45, 7) is 5.81. The summed E-state index contributed by atoms with van der Waals surface area (Å²) in [7, 11) is 0. The van der Waals surface area contributed by atoms with Crippen LogP contribution in [-0.2, 0) is 23.8 Å². The minimum absolute atomic E-state index is 0.128. The van der Waals surface area contributed by atoms with Gasteiger partial charge in [-0.15, -0.1) is 0 Å². The average molecular weight is 1120 g/mol. The molecule has 0 saturated carbocycles. The molecular formula is C68H127NO10. The normalized spacial score (nSPS) is 19.0. The Hall–Kier alpha value is -2.12. The molecule has 1 saturated heterocycles. The van der Waals surface area contributed by atoms with Gasteiger partial charge in [0.05, 0.1) is 25.4 Å². The van der Waals surface area contributed by atoms with Crippen molar-refractivity contribution in [2.24, 2.45) is 0 Å². The van der Waals surface area contributed by atoms with Crippen LogP contribution in [0.3, 0.4) is 0 Å². The molecule has 1 rings (SSSR count). The van der Waals surface area contributed by atoms with Crippen molar-refractivity contribution in [3.05, 3.63) is 36.5 Å². The summed E-state index contributed by atoms with van der Waals surface area (Å²) in [5.41, 5.74) is 0. The number of nitrogens with one attached hydrogen (secondary N) is 1. The number of allylic oxidation sites excluding steroid dienone is 5. The number of carbonyl (C=O) groups excluding carboxylic acids is 2. The van der Waals surface area contributed by atoms with E-state index in [1.165, 1.54) is 205 Å². The zero-order chi connectivity index (χ0) is 57.5. The first-order chi connectivity index (χ1) is 38.7. The van der Waals surface area contributed by atoms with E-state index >= 15 is 0 Å². The maximum absolute atomic E-state index is 13.5. The fourth-order valence-electron chi connectivity index (χ4n) is 10.7. The van der Waals surface area contributed by atoms with Gasteiger partial charge in [0.2, 0.25) is 5.91 Å². The number of carbonyl (C=O) groups is 2. The molecule has 0 aromatic rings. The Morgan fingerprint density at radius 2 is 0.873 bits per heavy atom. The third-order valence-electron chi connectivity index (χ3n) is 16.0. The van der Waals surface area contributed by atoms with Gasteiger partial charge in [-0.05, 0) is 57.8 Å². The molecule has 6 N–H and O–H groups in total. The van der Waals surface area contributed by atoms with Crippen molar-refractivity contribution < 1.29 is 49.3 Å². The minimum atomic E-state index is -1.61. The van der Waals surface area contributed by atoms with Gasteiger partial charge in [-0.25, -0.2) is 0 Å². The van der Waals surface area contributed by atoms with Crippen LogP contribution in [0.5, 0.6) is 0 Å². The van der Waals surface area contributed by atoms with Crippen LogP contribution >= 0.6 is 0 Å². The van der Waals surface area contributed by atoms with E-state index in [9.17, 15) is 35.1 Å². The molecule has 79 heavy (non-hydrogen) atoms. The molecule has 8 atom stereocenters. The summed E-state index contributed by atoms with van der Waals surface area (Å²) in [5.74, 6) is -1.18. The number of esters is 1. The number of amides is 1. The van der Waals surface area contributed by atoms with E-state index in [0.717, 1.165) is 70.6 Å². The second kappa shape index (κ2) is 56.4. The highest BCUT2D eigenvalue weighted by Crippen LogP contribution is 2.26. The standard InChI is InChI=1S/C68H127NO10/c1-4-7-10-13-16-19-22-25-27-29-31-33-35-38-41-44-47-50-53-56-63(73)79-66-65(75)64(74)62(57-70)78-68(66)77-58-59(60(71)54-51-48-45-42-39-36-24-21-18-15-12-9-6-3)69-67(76)61(72)55-52-49-46-43-40-37-34-32-30-28-26-23-20-17-14-11-8-5-2/h17,20,26,28,51,54,59-62,64-66,68,70-72,74-75H,4-16,18-19,21-25,27,29-50,52-53,55-58H2,1-3H3,(H,69,76)/b20-17-,28-26-,54-51+. The largest absolute Gasteiger partial charge is 0.454 e. The number of aliphatic hydroxyl groups excluding tert-OH is 5. The Morgan fingerprint density at radius 1 is 0.494 bits per heavy atom. The summed E-state index contributed by atoms with van der Waals surface area (Å²) < 4.78 is 17.7. The Kier molecular flexibility index (Phi) is 53.4. The molecule has 1 fully saturated rings. The molecule has 464 valence electrons. The lowest BCUT2D eigenvalue weighted by molar-refractivity contribution is -0.305. The number of aliphatic hydroxyl groups is 5. The highest BCUT2D eigenvalue weighted by atomic mass is 16.7. The Labute approximate surface area is 485 Å². The first-order valence-corrected chi connectivity index (χ1v) is 33.8. The third-order valence-corrected chi connectivity index (χ3v) is 16.0. The monoisotopic (exact) mass is 1120 g/mol. The molecule has 0 aliphatic carbocycles. The number of ether oxygens (including phenoxy) is 3. The van der Waals surface area contributed by atoms with Crippen LogP contribution in [0.25, 0.3) is 0 Å². The molecule has 0 spiro atoms. The average Bonchev–Trinajstić information content (AvgIpc) is 3.49. The molecule has 1 heterocycles. The lowest BCUT2D eigenvalue weighted by Gasteiger charge is -2.41. The second-order valence-electron chi connectivity index (χ2n) is 23.6. The van der Waals surface area contributed by atoms with Crippen LogP contribution in [0.1, 0.15) is 323 Å². The SMILES string of the molecule is CCCCC/C=C\C/C=C\CCCCCCCCCCC(O)C(=O)NC(COC1OC(CO)C(O)C(O)C1OC(=O)CCCCCCCCCCCCCCCCCCCCC)C(O)/C=C/CCCCCCCCCCCCC. The van der Waals surface area contributed by atoms with E-state index in [4.69, 9.17) is 14.2 Å². The number of hydrogen-bond donors (Lipinski definition) is 6. The van der Waals surface area contributed by atoms with E-state index in [1.54, 1.807) is 6.08 Å². The fourth-order valence-corrected chi connectivity index (χ4v) is 10.7. The molecule has 1 aliphatic heterocycles. The van der Waals surface area contributed by atoms with E-state index in [0.29, 0.717) is 12.8 Å². The summed E-state index contributed by atoms with van der Waals surface area (Å²) in [4.78, 5) is 26.6. The van der Waals surface area contributed by atoms with Crippen molar-refractivity contribution >= 4 is 11.9 Å². The van der Waals surface area contributed by atoms with Gasteiger partial charge >= 0.3 is 5.97 Å². The number of hydrogen-bond acceptors (Lipinski definition) is 10. The molecule has 0 radical (unpaired) electrons. The van der Waals surface area contributed by atoms with Crippen LogP contribution in [0, 0.1) is 0 Å². The van der Waals surface area contributed by atoms with E-state index < -0.39 is 67.4 Å². The maximum atomic E-state index is 13.5. The molecule has 0 bridgehead atoms. The molecule has 11 nitrogen and oxygen atoms in total. The Morgan fingerprint density at radius 3 is 1.32 bits per heavy atom. The van der Waals surface area contributed by atoms with Crippen molar-refractivity contribution in [1.29, 1.82) is 0 Å². The van der Waals surface area contributed by atoms with Gasteiger partial charge in [-0.3, -0.25) is 9.59 Å². The van der Waals surface area contributed by atoms with Crippen molar-refractivity contribution in [3.63, 3.8) is 0 Å². The summed E-state index contributed by atoms with van der Waals surface area (Å²) in [6.07, 6.45) is 57.5. The Balaban J connectivity index is 2.64. The highest BCUT2D eigenvalue weighted by molar-refractivity contribution is 5.80. The van der Waals surface area contributed by atoms with Crippen molar-refractivity contribution in [3.8, 4) is 0 Å². The lowest BCUT2D eigenvalue weighted by Crippen LogP contribution is -2.61. The van der Waals surface area contributed by atoms with Crippen LogP contribution in [0.2, 0.25) is 0 Å². The molecule has 1 aliphatic rings. The quantitative estimate of drug-likeness (QED) is 0.0195. The second-order valence-corrected chi connectivity index (χ2v) is 23.6. The van der Waals surface area contributed by atoms with Crippen LogP contribution in [0.4, 0.5) is 0 Å². The predicted molar refractivity (Wildman–Crippen MR) is 329 cm³/mol. The fraction of sp³-hybridized carbons (Fsp3) is 0.882. The molecule has 11 heteroatoms. The maximum Gasteiger partial charge on any atom is 0.306 e. The van der Waals surface area contributed by atoms with Gasteiger partial charge < -0.3 is 45.1 Å². The summed E-state index contributed by atoms with van der Waals surface area (Å²) >= 11 is 0. The summed E-state index contributed by atoms with van der Waals surface area (Å²) in [6, 6.07) is -1.02. The van der Waals surface area contributed by atoms with E-state index in [1.807, 2.05) is 6.08 Å². The van der Waals surface area contributed by atoms with Gasteiger partial charge in [0, 0.05) is 6.42 Å². The van der Waals surface area contributed by atoms with Crippen molar-refractivity contribution in [1.82, 2.24) is 5.32 Å². The molecule has 0 aromatic heterocycles. The lowest BCUT2D eigenvalue weighted by atomic mass is 9.99. The first kappa shape index (κ1) is 74.9. The smallest absolute Gasteiger partial charge is 0.306 e. The van der Waals surface area contributed by atoms with Gasteiger partial charge in [-0.2, -0.15) is 0 Å².